The number of carbonyl (C=O) groups is 2. The molecule has 0 aliphatic carbocycles. The molecule has 16 heteroatoms. The normalized spacial score (nSPS) is 17.9. The largest absolute Gasteiger partial charge is 0.377 e. The number of hydrogen-bond donors (Lipinski definition) is 2. The summed E-state index contributed by atoms with van der Waals surface area (Å²) in [5, 5.41) is 0. The maximum atomic E-state index is 13.8. The molecule has 2 aromatic carbocycles. The first kappa shape index (κ1) is 45.4. The van der Waals surface area contributed by atoms with Gasteiger partial charge in [-0.1, -0.05) is 63.1 Å². The molecule has 2 aromatic rings. The summed E-state index contributed by atoms with van der Waals surface area (Å²) in [6.07, 6.45) is 0.611. The van der Waals surface area contributed by atoms with Gasteiger partial charge in [0.1, 0.15) is 12.1 Å². The fourth-order valence-electron chi connectivity index (χ4n) is 5.74. The maximum absolute atomic E-state index is 13.8. The molecule has 0 bridgehead atoms. The Morgan fingerprint density at radius 2 is 0.815 bits per heavy atom. The molecule has 54 heavy (non-hydrogen) atoms. The quantitative estimate of drug-likeness (QED) is 0.326. The minimum absolute atomic E-state index is 0.0390. The van der Waals surface area contributed by atoms with Crippen LogP contribution in [0.2, 0.25) is 0 Å². The van der Waals surface area contributed by atoms with Crippen LogP contribution in [0.4, 0.5) is 0 Å². The highest BCUT2D eigenvalue weighted by molar-refractivity contribution is 7.89. The Bertz CT molecular complexity index is 1510. The highest BCUT2D eigenvalue weighted by Crippen LogP contribution is 2.17. The summed E-state index contributed by atoms with van der Waals surface area (Å²) in [4.78, 5) is 31.0. The fraction of sp³-hybridized carbons (Fsp3) is 0.632. The molecule has 0 saturated carbocycles. The molecule has 2 N–H and O–H groups in total. The molecule has 1 aliphatic rings. The number of sulfonamides is 2. The van der Waals surface area contributed by atoms with E-state index in [1.807, 2.05) is 41.5 Å². The van der Waals surface area contributed by atoms with Crippen molar-refractivity contribution in [1.29, 1.82) is 0 Å². The van der Waals surface area contributed by atoms with Gasteiger partial charge in [-0.05, 0) is 62.8 Å². The van der Waals surface area contributed by atoms with Crippen LogP contribution in [0.15, 0.2) is 58.3 Å². The van der Waals surface area contributed by atoms with Gasteiger partial charge in [-0.2, -0.15) is 9.44 Å². The smallest absolute Gasteiger partial charge is 0.241 e. The molecule has 1 saturated heterocycles. The number of hydrogen-bond acceptors (Lipinski definition) is 10. The number of benzene rings is 2. The molecule has 14 nitrogen and oxygen atoms in total. The van der Waals surface area contributed by atoms with E-state index in [2.05, 4.69) is 9.44 Å². The summed E-state index contributed by atoms with van der Waals surface area (Å²) in [5.41, 5.74) is 1.85. The number of nitrogens with one attached hydrogen (secondary N) is 2. The highest BCUT2D eigenvalue weighted by atomic mass is 32.2. The zero-order valence-corrected chi connectivity index (χ0v) is 34.3. The SMILES string of the molecule is Cc1ccc(S(=O)(=O)N[C@@H](CC(C)C)C(=O)N2CCOCCOCCN(C(=O)[C@H](CC(C)C)NS(=O)(=O)c3ccc(C)cc3)CCOCCOCC2)cc1. The molecular formula is C38H60N4O10S2. The minimum Gasteiger partial charge on any atom is -0.377 e. The first-order chi connectivity index (χ1) is 25.6. The third-order valence-electron chi connectivity index (χ3n) is 8.66. The lowest BCUT2D eigenvalue weighted by Crippen LogP contribution is -2.51. The monoisotopic (exact) mass is 796 g/mol. The van der Waals surface area contributed by atoms with Crippen molar-refractivity contribution in [2.45, 2.75) is 76.3 Å². The van der Waals surface area contributed by atoms with E-state index < -0.39 is 32.1 Å². The topological polar surface area (TPSA) is 170 Å². The predicted octanol–water partition coefficient (Wildman–Crippen LogP) is 3.13. The van der Waals surface area contributed by atoms with Crippen LogP contribution in [0.25, 0.3) is 0 Å². The van der Waals surface area contributed by atoms with Crippen molar-refractivity contribution < 1.29 is 45.4 Å². The number of aryl methyl sites for hydroxylation is 2. The van der Waals surface area contributed by atoms with E-state index in [4.69, 9.17) is 18.9 Å². The van der Waals surface area contributed by atoms with E-state index in [-0.39, 0.29) is 112 Å². The summed E-state index contributed by atoms with van der Waals surface area (Å²) >= 11 is 0. The zero-order chi connectivity index (χ0) is 39.7. The average Bonchev–Trinajstić information content (AvgIpc) is 3.10. The fourth-order valence-corrected chi connectivity index (χ4v) is 8.14. The van der Waals surface area contributed by atoms with Crippen molar-refractivity contribution >= 4 is 31.9 Å². The van der Waals surface area contributed by atoms with Crippen LogP contribution in [0.1, 0.15) is 51.7 Å². The standard InChI is InChI=1S/C38H60N4O10S2/c1-29(2)27-35(39-53(45,46)33-11-7-31(5)8-12-33)37(43)41-15-19-49-23-25-51-21-17-42(18-22-52-26-24-50-20-16-41)38(44)36(28-30(3)4)40-54(47,48)34-13-9-32(6)10-14-34/h7-14,29-30,35-36,39-40H,15-28H2,1-6H3/t35-,36-/m0/s1. The first-order valence-corrected chi connectivity index (χ1v) is 21.6. The number of ether oxygens (including phenoxy) is 4. The van der Waals surface area contributed by atoms with Gasteiger partial charge in [-0.25, -0.2) is 16.8 Å². The highest BCUT2D eigenvalue weighted by Gasteiger charge is 2.31. The van der Waals surface area contributed by atoms with E-state index in [1.165, 1.54) is 24.3 Å². The number of nitrogens with zero attached hydrogens (tertiary/aromatic N) is 2. The van der Waals surface area contributed by atoms with Crippen LogP contribution in [-0.4, -0.2) is 130 Å². The van der Waals surface area contributed by atoms with Crippen LogP contribution in [0.3, 0.4) is 0 Å². The molecule has 304 valence electrons. The van der Waals surface area contributed by atoms with E-state index in [0.717, 1.165) is 11.1 Å². The van der Waals surface area contributed by atoms with Gasteiger partial charge in [-0.15, -0.1) is 0 Å². The van der Waals surface area contributed by atoms with E-state index in [9.17, 15) is 26.4 Å². The maximum Gasteiger partial charge on any atom is 0.241 e. The second kappa shape index (κ2) is 22.6. The van der Waals surface area contributed by atoms with Gasteiger partial charge >= 0.3 is 0 Å². The van der Waals surface area contributed by atoms with Gasteiger partial charge in [0.15, 0.2) is 0 Å². The first-order valence-electron chi connectivity index (χ1n) is 18.7. The second-order valence-corrected chi connectivity index (χ2v) is 17.8. The van der Waals surface area contributed by atoms with Gasteiger partial charge < -0.3 is 28.7 Å². The minimum atomic E-state index is -3.96. The van der Waals surface area contributed by atoms with Gasteiger partial charge in [-0.3, -0.25) is 9.59 Å². The molecule has 0 aromatic heterocycles. The Balaban J connectivity index is 1.63. The summed E-state index contributed by atoms with van der Waals surface area (Å²) in [6.45, 7) is 13.9. The van der Waals surface area contributed by atoms with Crippen LogP contribution in [-0.2, 0) is 48.6 Å². The van der Waals surface area contributed by atoms with Crippen molar-refractivity contribution in [3.63, 3.8) is 0 Å². The molecule has 2 amide bonds. The molecule has 1 heterocycles. The Morgan fingerprint density at radius 1 is 0.537 bits per heavy atom. The summed E-state index contributed by atoms with van der Waals surface area (Å²) in [5.74, 6) is -0.653. The van der Waals surface area contributed by atoms with Gasteiger partial charge in [0, 0.05) is 26.2 Å². The lowest BCUT2D eigenvalue weighted by atomic mass is 10.0. The lowest BCUT2D eigenvalue weighted by molar-refractivity contribution is -0.136. The molecular weight excluding hydrogens is 737 g/mol. The van der Waals surface area contributed by atoms with Crippen LogP contribution < -0.4 is 9.44 Å². The third-order valence-corrected chi connectivity index (χ3v) is 11.6. The summed E-state index contributed by atoms with van der Waals surface area (Å²) < 4.78 is 81.4. The molecule has 0 unspecified atom stereocenters. The average molecular weight is 797 g/mol. The van der Waals surface area contributed by atoms with Crippen LogP contribution in [0.5, 0.6) is 0 Å². The van der Waals surface area contributed by atoms with Crippen LogP contribution >= 0.6 is 0 Å². The number of carbonyl (C=O) groups excluding carboxylic acids is 2. The summed E-state index contributed by atoms with van der Waals surface area (Å²) in [7, 11) is -7.91. The van der Waals surface area contributed by atoms with E-state index >= 15 is 0 Å². The molecule has 0 radical (unpaired) electrons. The third kappa shape index (κ3) is 15.6. The van der Waals surface area contributed by atoms with Crippen molar-refractivity contribution in [3.05, 3.63) is 59.7 Å². The van der Waals surface area contributed by atoms with Gasteiger partial charge in [0.25, 0.3) is 0 Å². The van der Waals surface area contributed by atoms with Crippen molar-refractivity contribution in [3.8, 4) is 0 Å². The van der Waals surface area contributed by atoms with Crippen molar-refractivity contribution in [2.24, 2.45) is 11.8 Å². The Kier molecular flexibility index (Phi) is 19.0. The predicted molar refractivity (Wildman–Crippen MR) is 206 cm³/mol. The van der Waals surface area contributed by atoms with Crippen molar-refractivity contribution in [2.75, 3.05) is 79.0 Å². The second-order valence-electron chi connectivity index (χ2n) is 14.3. The number of rotatable bonds is 12. The Labute approximate surface area is 322 Å². The molecule has 2 atom stereocenters. The molecule has 1 fully saturated rings. The van der Waals surface area contributed by atoms with Crippen molar-refractivity contribution in [1.82, 2.24) is 19.2 Å². The molecule has 0 spiro atoms. The van der Waals surface area contributed by atoms with Crippen LogP contribution in [0, 0.1) is 25.7 Å². The van der Waals surface area contributed by atoms with E-state index in [0.29, 0.717) is 12.8 Å². The Hall–Kier alpha value is -2.96. The lowest BCUT2D eigenvalue weighted by Gasteiger charge is -2.29. The van der Waals surface area contributed by atoms with Gasteiger partial charge in [0.2, 0.25) is 31.9 Å². The molecule has 1 aliphatic heterocycles. The Morgan fingerprint density at radius 3 is 1.07 bits per heavy atom. The van der Waals surface area contributed by atoms with Gasteiger partial charge in [0.05, 0.1) is 62.6 Å². The summed E-state index contributed by atoms with van der Waals surface area (Å²) in [6, 6.07) is 11.0. The number of amides is 2. The molecule has 3 rings (SSSR count). The van der Waals surface area contributed by atoms with E-state index in [1.54, 1.807) is 34.1 Å². The zero-order valence-electron chi connectivity index (χ0n) is 32.6.